The van der Waals surface area contributed by atoms with Crippen LogP contribution in [0.3, 0.4) is 0 Å². The van der Waals surface area contributed by atoms with Gasteiger partial charge in [0.1, 0.15) is 19.3 Å². The van der Waals surface area contributed by atoms with Crippen molar-refractivity contribution in [2.24, 2.45) is 0 Å². The van der Waals surface area contributed by atoms with Gasteiger partial charge in [0.2, 0.25) is 10.0 Å². The Hall–Kier alpha value is -2.91. The highest BCUT2D eigenvalue weighted by molar-refractivity contribution is 7.89. The predicted octanol–water partition coefficient (Wildman–Crippen LogP) is 1.80. The van der Waals surface area contributed by atoms with Gasteiger partial charge in [-0.3, -0.25) is 9.88 Å². The van der Waals surface area contributed by atoms with Crippen LogP contribution in [0.2, 0.25) is 0 Å². The second-order valence-corrected chi connectivity index (χ2v) is 9.93. The standard InChI is InChI=1S/C22H22BN3O4S/c23-17-6-7-19-16(13-17)14-30-22(27)26(19)18-8-11-25(12-9-18)31(28,29)20-5-1-3-15-4-2-10-24-21(15)20/h1-7,10,13,18H,8-9,11-12,14,23H2. The minimum absolute atomic E-state index is 0.105. The monoisotopic (exact) mass is 435 g/mol. The number of carbonyl (C=O) groups is 1. The number of carbonyl (C=O) groups excluding carboxylic acids is 1. The van der Waals surface area contributed by atoms with Gasteiger partial charge in [0.05, 0.1) is 11.2 Å². The number of pyridine rings is 1. The first-order chi connectivity index (χ1) is 14.9. The van der Waals surface area contributed by atoms with Crippen LogP contribution in [0, 0.1) is 0 Å². The van der Waals surface area contributed by atoms with Crippen LogP contribution in [0.1, 0.15) is 18.4 Å². The zero-order chi connectivity index (χ0) is 21.6. The average molecular weight is 435 g/mol. The van der Waals surface area contributed by atoms with Crippen molar-refractivity contribution >= 4 is 46.0 Å². The number of hydrogen-bond donors (Lipinski definition) is 0. The molecule has 31 heavy (non-hydrogen) atoms. The number of para-hydroxylation sites is 1. The van der Waals surface area contributed by atoms with E-state index in [0.717, 1.165) is 22.1 Å². The molecule has 5 rings (SSSR count). The Balaban J connectivity index is 1.39. The first-order valence-electron chi connectivity index (χ1n) is 10.3. The summed E-state index contributed by atoms with van der Waals surface area (Å²) in [5.41, 5.74) is 3.44. The van der Waals surface area contributed by atoms with Crippen LogP contribution in [-0.4, -0.2) is 50.8 Å². The van der Waals surface area contributed by atoms with Gasteiger partial charge in [0.15, 0.2) is 0 Å². The Morgan fingerprint density at radius 1 is 1.06 bits per heavy atom. The molecule has 0 aliphatic carbocycles. The molecule has 1 amide bonds. The molecule has 0 unspecified atom stereocenters. The van der Waals surface area contributed by atoms with E-state index in [-0.39, 0.29) is 23.6 Å². The normalized spacial score (nSPS) is 18.1. The summed E-state index contributed by atoms with van der Waals surface area (Å²) in [7, 11) is -1.68. The molecular weight excluding hydrogens is 413 g/mol. The number of aromatic nitrogens is 1. The lowest BCUT2D eigenvalue weighted by Crippen LogP contribution is -2.50. The molecule has 0 N–H and O–H groups in total. The number of sulfonamides is 1. The zero-order valence-electron chi connectivity index (χ0n) is 17.2. The van der Waals surface area contributed by atoms with Crippen LogP contribution in [0.25, 0.3) is 10.9 Å². The van der Waals surface area contributed by atoms with Crippen molar-refractivity contribution in [3.05, 3.63) is 60.3 Å². The van der Waals surface area contributed by atoms with E-state index in [2.05, 4.69) is 4.98 Å². The fourth-order valence-electron chi connectivity index (χ4n) is 4.48. The highest BCUT2D eigenvalue weighted by atomic mass is 32.2. The number of fused-ring (bicyclic) bond motifs is 2. The first-order valence-corrected chi connectivity index (χ1v) is 11.8. The third-order valence-corrected chi connectivity index (χ3v) is 7.97. The topological polar surface area (TPSA) is 79.8 Å². The molecule has 2 aliphatic heterocycles. The van der Waals surface area contributed by atoms with Gasteiger partial charge < -0.3 is 4.74 Å². The molecule has 2 aromatic carbocycles. The first kappa shape index (κ1) is 20.0. The van der Waals surface area contributed by atoms with Crippen molar-refractivity contribution < 1.29 is 17.9 Å². The smallest absolute Gasteiger partial charge is 0.414 e. The Bertz CT molecular complexity index is 1270. The minimum atomic E-state index is -3.69. The highest BCUT2D eigenvalue weighted by Crippen LogP contribution is 2.33. The number of amides is 1. The van der Waals surface area contributed by atoms with Crippen LogP contribution in [-0.2, 0) is 21.4 Å². The molecule has 1 fully saturated rings. The summed E-state index contributed by atoms with van der Waals surface area (Å²) in [5, 5.41) is 0.793. The van der Waals surface area contributed by atoms with Crippen LogP contribution in [0.4, 0.5) is 10.5 Å². The van der Waals surface area contributed by atoms with E-state index in [1.165, 1.54) is 4.31 Å². The molecule has 9 heteroatoms. The molecule has 2 aliphatic rings. The van der Waals surface area contributed by atoms with Crippen LogP contribution < -0.4 is 10.4 Å². The van der Waals surface area contributed by atoms with E-state index in [0.29, 0.717) is 31.4 Å². The van der Waals surface area contributed by atoms with E-state index < -0.39 is 10.0 Å². The fraction of sp³-hybridized carbons (Fsp3) is 0.273. The number of ether oxygens (including phenoxy) is 1. The summed E-state index contributed by atoms with van der Waals surface area (Å²) < 4.78 is 33.6. The number of piperidine rings is 1. The van der Waals surface area contributed by atoms with Crippen molar-refractivity contribution in [2.75, 3.05) is 18.0 Å². The molecule has 0 bridgehead atoms. The Morgan fingerprint density at radius 2 is 1.84 bits per heavy atom. The molecule has 3 aromatic rings. The largest absolute Gasteiger partial charge is 0.444 e. The van der Waals surface area contributed by atoms with Gasteiger partial charge in [-0.1, -0.05) is 35.8 Å². The van der Waals surface area contributed by atoms with Gasteiger partial charge in [0.25, 0.3) is 0 Å². The number of cyclic esters (lactones) is 1. The third-order valence-electron chi connectivity index (χ3n) is 6.04. The van der Waals surface area contributed by atoms with E-state index in [1.54, 1.807) is 29.3 Å². The van der Waals surface area contributed by atoms with E-state index in [1.807, 2.05) is 38.2 Å². The lowest BCUT2D eigenvalue weighted by Gasteiger charge is -2.39. The molecule has 158 valence electrons. The minimum Gasteiger partial charge on any atom is -0.444 e. The van der Waals surface area contributed by atoms with Gasteiger partial charge in [0, 0.05) is 36.3 Å². The highest BCUT2D eigenvalue weighted by Gasteiger charge is 2.37. The van der Waals surface area contributed by atoms with Crippen molar-refractivity contribution in [1.29, 1.82) is 0 Å². The Morgan fingerprint density at radius 3 is 2.65 bits per heavy atom. The van der Waals surface area contributed by atoms with Crippen LogP contribution in [0.5, 0.6) is 0 Å². The summed E-state index contributed by atoms with van der Waals surface area (Å²) in [6, 6.07) is 14.7. The maximum Gasteiger partial charge on any atom is 0.414 e. The van der Waals surface area contributed by atoms with Crippen molar-refractivity contribution in [3.63, 3.8) is 0 Å². The van der Waals surface area contributed by atoms with E-state index >= 15 is 0 Å². The summed E-state index contributed by atoms with van der Waals surface area (Å²) in [6.45, 7) is 0.941. The molecule has 0 saturated carbocycles. The second kappa shape index (κ2) is 7.65. The van der Waals surface area contributed by atoms with Gasteiger partial charge in [-0.25, -0.2) is 13.2 Å². The molecule has 1 saturated heterocycles. The van der Waals surface area contributed by atoms with Crippen molar-refractivity contribution in [3.8, 4) is 0 Å². The van der Waals surface area contributed by atoms with Gasteiger partial charge >= 0.3 is 6.09 Å². The van der Waals surface area contributed by atoms with Crippen LogP contribution in [0.15, 0.2) is 59.6 Å². The average Bonchev–Trinajstić information content (AvgIpc) is 2.79. The fourth-order valence-corrected chi connectivity index (χ4v) is 6.12. The maximum absolute atomic E-state index is 13.4. The molecule has 1 aromatic heterocycles. The summed E-state index contributed by atoms with van der Waals surface area (Å²) >= 11 is 0. The van der Waals surface area contributed by atoms with E-state index in [9.17, 15) is 13.2 Å². The van der Waals surface area contributed by atoms with Crippen molar-refractivity contribution in [1.82, 2.24) is 9.29 Å². The Kier molecular flexibility index (Phi) is 4.94. The van der Waals surface area contributed by atoms with Gasteiger partial charge in [-0.05, 0) is 31.0 Å². The number of nitrogens with zero attached hydrogens (tertiary/aromatic N) is 3. The molecule has 0 spiro atoms. The maximum atomic E-state index is 13.4. The second-order valence-electron chi connectivity index (χ2n) is 8.02. The van der Waals surface area contributed by atoms with Gasteiger partial charge in [-0.15, -0.1) is 0 Å². The lowest BCUT2D eigenvalue weighted by molar-refractivity contribution is 0.136. The molecular formula is C22H22BN3O4S. The van der Waals surface area contributed by atoms with Crippen LogP contribution >= 0.6 is 0 Å². The summed E-state index contributed by atoms with van der Waals surface area (Å²) in [5.74, 6) is 0. The Labute approximate surface area is 182 Å². The number of hydrogen-bond acceptors (Lipinski definition) is 5. The predicted molar refractivity (Wildman–Crippen MR) is 121 cm³/mol. The zero-order valence-corrected chi connectivity index (χ0v) is 18.0. The quantitative estimate of drug-likeness (QED) is 0.587. The third kappa shape index (κ3) is 3.47. The SMILES string of the molecule is Bc1ccc2c(c1)COC(=O)N2C1CCN(S(=O)(=O)c2cccc3cccnc23)CC1. The van der Waals surface area contributed by atoms with E-state index in [4.69, 9.17) is 4.74 Å². The molecule has 0 atom stereocenters. The number of rotatable bonds is 3. The lowest BCUT2D eigenvalue weighted by atomic mass is 9.92. The van der Waals surface area contributed by atoms with Gasteiger partial charge in [-0.2, -0.15) is 4.31 Å². The molecule has 3 heterocycles. The van der Waals surface area contributed by atoms with Crippen molar-refractivity contribution in [2.45, 2.75) is 30.4 Å². The number of anilines is 1. The molecule has 0 radical (unpaired) electrons. The number of benzene rings is 2. The summed E-state index contributed by atoms with van der Waals surface area (Å²) in [6.07, 6.45) is 2.32. The summed E-state index contributed by atoms with van der Waals surface area (Å²) in [4.78, 5) is 18.8. The molecule has 7 nitrogen and oxygen atoms in total.